The predicted molar refractivity (Wildman–Crippen MR) is 140 cm³/mol. The molecule has 8 heteroatoms. The molecule has 0 aliphatic rings. The van der Waals surface area contributed by atoms with Gasteiger partial charge in [0.1, 0.15) is 11.5 Å². The molecule has 0 radical (unpaired) electrons. The second-order valence-electron chi connectivity index (χ2n) is 7.58. The second kappa shape index (κ2) is 14.5. The minimum Gasteiger partial charge on any atom is -0.497 e. The Balaban J connectivity index is 1.29. The second-order valence-corrected chi connectivity index (χ2v) is 8.56. The van der Waals surface area contributed by atoms with Crippen molar-refractivity contribution in [3.05, 3.63) is 95.6 Å². The Morgan fingerprint density at radius 2 is 1.60 bits per heavy atom. The van der Waals surface area contributed by atoms with Gasteiger partial charge >= 0.3 is 0 Å². The summed E-state index contributed by atoms with van der Waals surface area (Å²) in [4.78, 5) is 23.9. The SMILES string of the molecule is COc1ccc(CSCC(=O)NN=Cc2ccc(OCC(=O)NCCc3ccccc3)cc2)cc1. The first kappa shape index (κ1) is 25.8. The van der Waals surface area contributed by atoms with Crippen molar-refractivity contribution in [3.8, 4) is 11.5 Å². The van der Waals surface area contributed by atoms with Gasteiger partial charge in [-0.25, -0.2) is 5.43 Å². The quantitative estimate of drug-likeness (QED) is 0.280. The molecule has 3 aromatic rings. The maximum absolute atomic E-state index is 12.0. The molecule has 182 valence electrons. The number of thioether (sulfide) groups is 1. The lowest BCUT2D eigenvalue weighted by atomic mass is 10.1. The van der Waals surface area contributed by atoms with Gasteiger partial charge in [-0.2, -0.15) is 5.10 Å². The van der Waals surface area contributed by atoms with E-state index in [1.54, 1.807) is 37.6 Å². The first-order valence-corrected chi connectivity index (χ1v) is 12.3. The number of rotatable bonds is 13. The van der Waals surface area contributed by atoms with Crippen LogP contribution in [0.3, 0.4) is 0 Å². The molecule has 0 atom stereocenters. The van der Waals surface area contributed by atoms with Crippen LogP contribution in [0.5, 0.6) is 11.5 Å². The Hall–Kier alpha value is -3.78. The minimum atomic E-state index is -0.169. The molecule has 3 aromatic carbocycles. The van der Waals surface area contributed by atoms with E-state index in [1.807, 2.05) is 54.6 Å². The summed E-state index contributed by atoms with van der Waals surface area (Å²) in [6.07, 6.45) is 2.34. The highest BCUT2D eigenvalue weighted by molar-refractivity contribution is 7.99. The molecule has 2 amide bonds. The fourth-order valence-corrected chi connectivity index (χ4v) is 3.82. The molecule has 0 bridgehead atoms. The number of nitrogens with zero attached hydrogens (tertiary/aromatic N) is 1. The number of amides is 2. The van der Waals surface area contributed by atoms with Crippen LogP contribution in [0.25, 0.3) is 0 Å². The first-order chi connectivity index (χ1) is 17.1. The molecule has 0 aliphatic carbocycles. The number of methoxy groups -OCH3 is 1. The number of hydrogen-bond acceptors (Lipinski definition) is 6. The summed E-state index contributed by atoms with van der Waals surface area (Å²) >= 11 is 1.51. The van der Waals surface area contributed by atoms with Crippen LogP contribution in [-0.2, 0) is 21.8 Å². The summed E-state index contributed by atoms with van der Waals surface area (Å²) in [5, 5.41) is 6.84. The largest absolute Gasteiger partial charge is 0.497 e. The third-order valence-electron chi connectivity index (χ3n) is 4.89. The Morgan fingerprint density at radius 1 is 0.886 bits per heavy atom. The maximum atomic E-state index is 12.0. The van der Waals surface area contributed by atoms with Gasteiger partial charge in [0.25, 0.3) is 5.91 Å². The number of carbonyl (C=O) groups excluding carboxylic acids is 2. The molecule has 0 unspecified atom stereocenters. The highest BCUT2D eigenvalue weighted by atomic mass is 32.2. The average Bonchev–Trinajstić information content (AvgIpc) is 2.89. The molecular weight excluding hydrogens is 462 g/mol. The number of carbonyl (C=O) groups is 2. The van der Waals surface area contributed by atoms with Crippen LogP contribution in [0, 0.1) is 0 Å². The van der Waals surface area contributed by atoms with Crippen LogP contribution >= 0.6 is 11.8 Å². The molecule has 0 spiro atoms. The molecule has 0 aromatic heterocycles. The maximum Gasteiger partial charge on any atom is 0.257 e. The van der Waals surface area contributed by atoms with Gasteiger partial charge in [-0.15, -0.1) is 11.8 Å². The topological polar surface area (TPSA) is 89.0 Å². The fourth-order valence-electron chi connectivity index (χ4n) is 3.04. The van der Waals surface area contributed by atoms with Gasteiger partial charge in [-0.3, -0.25) is 9.59 Å². The van der Waals surface area contributed by atoms with Crippen molar-refractivity contribution in [2.24, 2.45) is 5.10 Å². The van der Waals surface area contributed by atoms with Gasteiger partial charge in [0, 0.05) is 12.3 Å². The standard InChI is InChI=1S/C27H29N3O4S/c1-33-24-11-9-23(10-12-24)19-35-20-27(32)30-29-17-22-7-13-25(14-8-22)34-18-26(31)28-16-15-21-5-3-2-4-6-21/h2-14,17H,15-16,18-20H2,1H3,(H,28,31)(H,30,32). The number of nitrogens with one attached hydrogen (secondary N) is 2. The smallest absolute Gasteiger partial charge is 0.257 e. The summed E-state index contributed by atoms with van der Waals surface area (Å²) < 4.78 is 10.7. The van der Waals surface area contributed by atoms with E-state index < -0.39 is 0 Å². The van der Waals surface area contributed by atoms with Crippen LogP contribution < -0.4 is 20.2 Å². The zero-order chi connectivity index (χ0) is 24.7. The van der Waals surface area contributed by atoms with E-state index in [1.165, 1.54) is 17.3 Å². The molecule has 2 N–H and O–H groups in total. The van der Waals surface area contributed by atoms with Crippen molar-refractivity contribution in [3.63, 3.8) is 0 Å². The van der Waals surface area contributed by atoms with E-state index in [0.29, 0.717) is 18.0 Å². The third-order valence-corrected chi connectivity index (χ3v) is 5.90. The van der Waals surface area contributed by atoms with Crippen LogP contribution in [0.4, 0.5) is 0 Å². The van der Waals surface area contributed by atoms with E-state index in [-0.39, 0.29) is 18.4 Å². The van der Waals surface area contributed by atoms with Gasteiger partial charge in [-0.05, 0) is 59.5 Å². The van der Waals surface area contributed by atoms with E-state index in [0.717, 1.165) is 29.1 Å². The lowest BCUT2D eigenvalue weighted by molar-refractivity contribution is -0.123. The summed E-state index contributed by atoms with van der Waals surface area (Å²) in [7, 11) is 1.63. The molecule has 0 saturated carbocycles. The minimum absolute atomic E-state index is 0.0491. The van der Waals surface area contributed by atoms with E-state index in [9.17, 15) is 9.59 Å². The number of ether oxygens (including phenoxy) is 2. The van der Waals surface area contributed by atoms with Crippen molar-refractivity contribution in [2.45, 2.75) is 12.2 Å². The normalized spacial score (nSPS) is 10.7. The first-order valence-electron chi connectivity index (χ1n) is 11.2. The molecule has 0 aliphatic heterocycles. The van der Waals surface area contributed by atoms with E-state index >= 15 is 0 Å². The summed E-state index contributed by atoms with van der Waals surface area (Å²) in [6, 6.07) is 24.9. The van der Waals surface area contributed by atoms with Crippen molar-refractivity contribution in [1.29, 1.82) is 0 Å². The highest BCUT2D eigenvalue weighted by Crippen LogP contribution is 2.16. The summed E-state index contributed by atoms with van der Waals surface area (Å²) in [5.74, 6) is 2.10. The Morgan fingerprint density at radius 3 is 2.31 bits per heavy atom. The van der Waals surface area contributed by atoms with Crippen LogP contribution in [-0.4, -0.2) is 44.0 Å². The van der Waals surface area contributed by atoms with Gasteiger partial charge in [0.05, 0.1) is 19.1 Å². The number of hydrogen-bond donors (Lipinski definition) is 2. The Bertz CT molecular complexity index is 1090. The summed E-state index contributed by atoms with van der Waals surface area (Å²) in [6.45, 7) is 0.514. The van der Waals surface area contributed by atoms with Crippen LogP contribution in [0.1, 0.15) is 16.7 Å². The highest BCUT2D eigenvalue weighted by Gasteiger charge is 2.04. The van der Waals surface area contributed by atoms with E-state index in [4.69, 9.17) is 9.47 Å². The average molecular weight is 492 g/mol. The molecule has 3 rings (SSSR count). The molecule has 0 fully saturated rings. The summed E-state index contributed by atoms with van der Waals surface area (Å²) in [5.41, 5.74) is 5.63. The fraction of sp³-hybridized carbons (Fsp3) is 0.222. The van der Waals surface area contributed by atoms with Gasteiger partial charge in [0.2, 0.25) is 5.91 Å². The Labute approximate surface area is 209 Å². The number of hydrazone groups is 1. The lowest BCUT2D eigenvalue weighted by Crippen LogP contribution is -2.30. The van der Waals surface area contributed by atoms with Gasteiger partial charge in [0.15, 0.2) is 6.61 Å². The monoisotopic (exact) mass is 491 g/mol. The zero-order valence-corrected chi connectivity index (χ0v) is 20.4. The number of benzene rings is 3. The van der Waals surface area contributed by atoms with Crippen molar-refractivity contribution < 1.29 is 19.1 Å². The Kier molecular flexibility index (Phi) is 10.7. The third kappa shape index (κ3) is 9.93. The van der Waals surface area contributed by atoms with Crippen molar-refractivity contribution in [2.75, 3.05) is 26.0 Å². The molecule has 7 nitrogen and oxygen atoms in total. The van der Waals surface area contributed by atoms with Crippen molar-refractivity contribution in [1.82, 2.24) is 10.7 Å². The van der Waals surface area contributed by atoms with Gasteiger partial charge < -0.3 is 14.8 Å². The van der Waals surface area contributed by atoms with Gasteiger partial charge in [-0.1, -0.05) is 42.5 Å². The predicted octanol–water partition coefficient (Wildman–Crippen LogP) is 3.82. The van der Waals surface area contributed by atoms with Crippen LogP contribution in [0.15, 0.2) is 84.0 Å². The molecule has 0 heterocycles. The van der Waals surface area contributed by atoms with E-state index in [2.05, 4.69) is 15.8 Å². The van der Waals surface area contributed by atoms with Crippen molar-refractivity contribution >= 4 is 29.8 Å². The zero-order valence-electron chi connectivity index (χ0n) is 19.6. The van der Waals surface area contributed by atoms with Crippen LogP contribution in [0.2, 0.25) is 0 Å². The molecule has 0 saturated heterocycles. The lowest BCUT2D eigenvalue weighted by Gasteiger charge is -2.08. The molecule has 35 heavy (non-hydrogen) atoms. The molecular formula is C27H29N3O4S.